The molecular formula is C31H30ClN7O3. The van der Waals surface area contributed by atoms with Gasteiger partial charge in [0.2, 0.25) is 5.91 Å². The first-order chi connectivity index (χ1) is 20.3. The van der Waals surface area contributed by atoms with E-state index in [0.29, 0.717) is 46.1 Å². The number of halogens is 1. The SMILES string of the molecule is C[C@@H]1CCC[C@H](n2cnc(-c3cc(Cl)ccc3-n3cc(CO)cn3)cc2=O)c2cccc(c2)-c2c(cnn2C)NC1=O. The van der Waals surface area contributed by atoms with Crippen LogP contribution in [0.3, 0.4) is 0 Å². The molecule has 4 heterocycles. The molecule has 2 aromatic carbocycles. The molecule has 214 valence electrons. The molecule has 5 aromatic rings. The van der Waals surface area contributed by atoms with Gasteiger partial charge in [-0.15, -0.1) is 0 Å². The van der Waals surface area contributed by atoms with E-state index in [1.807, 2.05) is 38.2 Å². The van der Waals surface area contributed by atoms with Crippen molar-refractivity contribution in [3.63, 3.8) is 0 Å². The minimum absolute atomic E-state index is 0.0543. The largest absolute Gasteiger partial charge is 0.392 e. The maximum Gasteiger partial charge on any atom is 0.254 e. The van der Waals surface area contributed by atoms with Crippen molar-refractivity contribution in [1.82, 2.24) is 29.1 Å². The number of anilines is 1. The summed E-state index contributed by atoms with van der Waals surface area (Å²) in [5.74, 6) is -0.259. The maximum absolute atomic E-state index is 13.7. The normalized spacial score (nSPS) is 17.2. The van der Waals surface area contributed by atoms with Crippen LogP contribution in [0.5, 0.6) is 0 Å². The molecule has 0 spiro atoms. The highest BCUT2D eigenvalue weighted by atomic mass is 35.5. The van der Waals surface area contributed by atoms with E-state index in [2.05, 4.69) is 15.5 Å². The van der Waals surface area contributed by atoms with Gasteiger partial charge in [-0.1, -0.05) is 43.1 Å². The Labute approximate surface area is 247 Å². The van der Waals surface area contributed by atoms with Crippen molar-refractivity contribution in [1.29, 1.82) is 0 Å². The molecule has 1 amide bonds. The number of carbonyl (C=O) groups excluding carboxylic acids is 1. The van der Waals surface area contributed by atoms with Gasteiger partial charge in [0.05, 0.1) is 54.1 Å². The molecule has 42 heavy (non-hydrogen) atoms. The van der Waals surface area contributed by atoms with Gasteiger partial charge in [0.15, 0.2) is 0 Å². The van der Waals surface area contributed by atoms with Gasteiger partial charge >= 0.3 is 0 Å². The summed E-state index contributed by atoms with van der Waals surface area (Å²) in [6.45, 7) is 1.78. The molecule has 3 aromatic heterocycles. The monoisotopic (exact) mass is 583 g/mol. The van der Waals surface area contributed by atoms with E-state index >= 15 is 0 Å². The van der Waals surface area contributed by atoms with E-state index in [9.17, 15) is 14.7 Å². The van der Waals surface area contributed by atoms with Crippen LogP contribution in [0.15, 0.2) is 78.2 Å². The van der Waals surface area contributed by atoms with Crippen molar-refractivity contribution in [2.24, 2.45) is 13.0 Å². The number of hydrogen-bond acceptors (Lipinski definition) is 6. The summed E-state index contributed by atoms with van der Waals surface area (Å²) >= 11 is 6.35. The third-order valence-electron chi connectivity index (χ3n) is 7.78. The van der Waals surface area contributed by atoms with Crippen LogP contribution in [0.1, 0.15) is 43.4 Å². The number of amides is 1. The zero-order valence-corrected chi connectivity index (χ0v) is 24.0. The molecule has 1 aliphatic heterocycles. The van der Waals surface area contributed by atoms with Crippen LogP contribution in [0.25, 0.3) is 28.2 Å². The second-order valence-electron chi connectivity index (χ2n) is 10.6. The van der Waals surface area contributed by atoms with Gasteiger partial charge in [-0.25, -0.2) is 9.67 Å². The lowest BCUT2D eigenvalue weighted by molar-refractivity contribution is -0.119. The number of fused-ring (bicyclic) bond motifs is 4. The summed E-state index contributed by atoms with van der Waals surface area (Å²) in [6.07, 6.45) is 8.62. The van der Waals surface area contributed by atoms with Gasteiger partial charge in [0.25, 0.3) is 5.56 Å². The van der Waals surface area contributed by atoms with Gasteiger partial charge in [-0.2, -0.15) is 10.2 Å². The van der Waals surface area contributed by atoms with Crippen LogP contribution in [-0.4, -0.2) is 40.1 Å². The average Bonchev–Trinajstić information content (AvgIpc) is 3.61. The van der Waals surface area contributed by atoms with Crippen LogP contribution in [0.2, 0.25) is 5.02 Å². The van der Waals surface area contributed by atoms with E-state index in [1.54, 1.807) is 57.0 Å². The van der Waals surface area contributed by atoms with E-state index in [4.69, 9.17) is 16.6 Å². The summed E-state index contributed by atoms with van der Waals surface area (Å²) in [6, 6.07) is 14.5. The number of aliphatic hydroxyl groups excluding tert-OH is 1. The fraction of sp³-hybridized carbons (Fsp3) is 0.258. The molecule has 0 unspecified atom stereocenters. The molecule has 0 saturated carbocycles. The first-order valence-electron chi connectivity index (χ1n) is 13.8. The number of hydrogen-bond donors (Lipinski definition) is 2. The number of rotatable bonds is 4. The van der Waals surface area contributed by atoms with Gasteiger partial charge in [-0.05, 0) is 42.7 Å². The number of aliphatic hydroxyl groups is 1. The van der Waals surface area contributed by atoms with E-state index in [-0.39, 0.29) is 30.0 Å². The Morgan fingerprint density at radius 2 is 1.93 bits per heavy atom. The van der Waals surface area contributed by atoms with E-state index in [1.165, 1.54) is 6.07 Å². The van der Waals surface area contributed by atoms with Gasteiger partial charge in [0, 0.05) is 46.9 Å². The topological polar surface area (TPSA) is 120 Å². The minimum atomic E-state index is -0.289. The molecule has 0 aliphatic carbocycles. The Bertz CT molecular complexity index is 1840. The Kier molecular flexibility index (Phi) is 7.49. The Morgan fingerprint density at radius 3 is 2.71 bits per heavy atom. The van der Waals surface area contributed by atoms with Crippen LogP contribution in [-0.2, 0) is 18.4 Å². The summed E-state index contributed by atoms with van der Waals surface area (Å²) in [5.41, 5.74) is 5.55. The molecule has 6 rings (SSSR count). The predicted octanol–water partition coefficient (Wildman–Crippen LogP) is 4.99. The third kappa shape index (κ3) is 5.26. The summed E-state index contributed by atoms with van der Waals surface area (Å²) in [7, 11) is 1.84. The highest BCUT2D eigenvalue weighted by molar-refractivity contribution is 6.31. The lowest BCUT2D eigenvalue weighted by Crippen LogP contribution is -2.26. The highest BCUT2D eigenvalue weighted by Crippen LogP contribution is 2.34. The van der Waals surface area contributed by atoms with Crippen molar-refractivity contribution >= 4 is 23.2 Å². The van der Waals surface area contributed by atoms with Crippen molar-refractivity contribution in [3.8, 4) is 28.2 Å². The number of benzene rings is 2. The summed E-state index contributed by atoms with van der Waals surface area (Å²) in [5, 5.41) is 21.8. The van der Waals surface area contributed by atoms with Crippen molar-refractivity contribution in [3.05, 3.63) is 100.0 Å². The first-order valence-corrected chi connectivity index (χ1v) is 14.2. The number of nitrogens with zero attached hydrogens (tertiary/aromatic N) is 6. The molecule has 2 bridgehead atoms. The van der Waals surface area contributed by atoms with Crippen LogP contribution in [0, 0.1) is 5.92 Å². The van der Waals surface area contributed by atoms with Crippen LogP contribution >= 0.6 is 11.6 Å². The fourth-order valence-electron chi connectivity index (χ4n) is 5.51. The summed E-state index contributed by atoms with van der Waals surface area (Å²) in [4.78, 5) is 31.4. The van der Waals surface area contributed by atoms with E-state index < -0.39 is 0 Å². The number of carbonyl (C=O) groups is 1. The second-order valence-corrected chi connectivity index (χ2v) is 11.1. The lowest BCUT2D eigenvalue weighted by Gasteiger charge is -2.23. The first kappa shape index (κ1) is 27.6. The lowest BCUT2D eigenvalue weighted by atomic mass is 9.94. The van der Waals surface area contributed by atoms with Crippen molar-refractivity contribution in [2.45, 2.75) is 38.8 Å². The zero-order valence-electron chi connectivity index (χ0n) is 23.2. The summed E-state index contributed by atoms with van der Waals surface area (Å²) < 4.78 is 5.03. The van der Waals surface area contributed by atoms with Gasteiger partial charge < -0.3 is 10.4 Å². The second kappa shape index (κ2) is 11.4. The molecular weight excluding hydrogens is 554 g/mol. The number of nitrogens with one attached hydrogen (secondary N) is 1. The average molecular weight is 584 g/mol. The number of aryl methyl sites for hydroxylation is 1. The Hall–Kier alpha value is -4.54. The highest BCUT2D eigenvalue weighted by Gasteiger charge is 2.23. The van der Waals surface area contributed by atoms with Crippen LogP contribution < -0.4 is 10.9 Å². The van der Waals surface area contributed by atoms with Crippen LogP contribution in [0.4, 0.5) is 5.69 Å². The minimum Gasteiger partial charge on any atom is -0.392 e. The predicted molar refractivity (Wildman–Crippen MR) is 160 cm³/mol. The fourth-order valence-corrected chi connectivity index (χ4v) is 5.69. The number of aromatic nitrogens is 6. The molecule has 0 radical (unpaired) electrons. The molecule has 11 heteroatoms. The standard InChI is InChI=1S/C31H30ClN7O3/c1-19-5-3-8-27(21-6-4-7-22(11-21)30-26(36-31(19)42)15-34-37(30)2)38-18-33-25(13-29(38)41)24-12-23(32)9-10-28(24)39-16-20(17-40)14-35-39/h4,6-7,9-16,18-19,27,40H,3,5,8,17H2,1-2H3,(H,36,42)/t19-,27+/m1/s1. The quantitative estimate of drug-likeness (QED) is 0.308. The smallest absolute Gasteiger partial charge is 0.254 e. The Balaban J connectivity index is 1.43. The van der Waals surface area contributed by atoms with Crippen molar-refractivity contribution < 1.29 is 9.90 Å². The van der Waals surface area contributed by atoms with Gasteiger partial charge in [-0.3, -0.25) is 18.8 Å². The Morgan fingerprint density at radius 1 is 1.07 bits per heavy atom. The maximum atomic E-state index is 13.7. The molecule has 2 N–H and O–H groups in total. The zero-order chi connectivity index (χ0) is 29.4. The van der Waals surface area contributed by atoms with E-state index in [0.717, 1.165) is 23.2 Å². The molecule has 1 aliphatic rings. The third-order valence-corrected chi connectivity index (χ3v) is 8.01. The molecule has 0 saturated heterocycles. The molecule has 2 atom stereocenters. The van der Waals surface area contributed by atoms with Crippen molar-refractivity contribution in [2.75, 3.05) is 5.32 Å². The van der Waals surface area contributed by atoms with Gasteiger partial charge in [0.1, 0.15) is 0 Å². The molecule has 0 fully saturated rings. The molecule has 10 nitrogen and oxygen atoms in total.